The van der Waals surface area contributed by atoms with Crippen LogP contribution in [0.25, 0.3) is 22.4 Å². The second kappa shape index (κ2) is 7.14. The summed E-state index contributed by atoms with van der Waals surface area (Å²) in [4.78, 5) is 12.3. The van der Waals surface area contributed by atoms with Crippen molar-refractivity contribution in [2.24, 2.45) is 0 Å². The minimum atomic E-state index is -3.90. The molecule has 2 N–H and O–H groups in total. The maximum Gasteiger partial charge on any atom is 0.249 e. The second-order valence-electron chi connectivity index (χ2n) is 7.02. The molecule has 1 fully saturated rings. The first kappa shape index (κ1) is 19.4. The third kappa shape index (κ3) is 3.82. The fourth-order valence-corrected chi connectivity index (χ4v) is 5.51. The van der Waals surface area contributed by atoms with E-state index in [4.69, 9.17) is 5.73 Å². The van der Waals surface area contributed by atoms with E-state index in [1.165, 1.54) is 6.07 Å². The Morgan fingerprint density at radius 1 is 0.966 bits per heavy atom. The van der Waals surface area contributed by atoms with Crippen LogP contribution in [0.1, 0.15) is 19.3 Å². The number of alkyl halides is 2. The van der Waals surface area contributed by atoms with Gasteiger partial charge in [-0.2, -0.15) is 0 Å². The summed E-state index contributed by atoms with van der Waals surface area (Å²) in [6, 6.07) is 9.87. The fourth-order valence-electron chi connectivity index (χ4n) is 3.50. The maximum atomic E-state index is 13.6. The van der Waals surface area contributed by atoms with Gasteiger partial charge in [-0.05, 0) is 18.6 Å². The van der Waals surface area contributed by atoms with Crippen molar-refractivity contribution in [3.63, 3.8) is 0 Å². The third-order valence-electron chi connectivity index (χ3n) is 5.03. The number of halogens is 2. The molecule has 0 radical (unpaired) electrons. The smallest absolute Gasteiger partial charge is 0.249 e. The summed E-state index contributed by atoms with van der Waals surface area (Å²) >= 11 is 0. The van der Waals surface area contributed by atoms with Gasteiger partial charge in [0.15, 0.2) is 9.84 Å². The van der Waals surface area contributed by atoms with E-state index in [0.29, 0.717) is 22.4 Å². The van der Waals surface area contributed by atoms with Crippen molar-refractivity contribution in [1.29, 1.82) is 0 Å². The van der Waals surface area contributed by atoms with Crippen LogP contribution in [-0.4, -0.2) is 34.5 Å². The van der Waals surface area contributed by atoms with Crippen LogP contribution in [0.3, 0.4) is 0 Å². The monoisotopic (exact) mass is 416 g/mol. The van der Waals surface area contributed by atoms with Gasteiger partial charge < -0.3 is 5.73 Å². The number of nitrogens with zero attached hydrogens (tertiary/aromatic N) is 3. The van der Waals surface area contributed by atoms with Gasteiger partial charge in [-0.15, -0.1) is 0 Å². The van der Waals surface area contributed by atoms with Crippen molar-refractivity contribution in [2.75, 3.05) is 5.73 Å². The van der Waals surface area contributed by atoms with E-state index >= 15 is 0 Å². The van der Waals surface area contributed by atoms with E-state index < -0.39 is 33.9 Å². The lowest BCUT2D eigenvalue weighted by Gasteiger charge is -2.16. The lowest BCUT2D eigenvalue weighted by atomic mass is 10.1. The Hall–Kier alpha value is -2.94. The van der Waals surface area contributed by atoms with Gasteiger partial charge in [0.1, 0.15) is 0 Å². The standard InChI is InChI=1S/C20H18F2N4O2S/c21-20(22)8-7-15(9-20)29(27,28)18-4-2-1-3-16(18)13-5-6-17(24-10-13)14-11-25-19(23)26-12-14/h1-6,10-12,15H,7-9H2,(H2,23,25,26). The van der Waals surface area contributed by atoms with E-state index in [-0.39, 0.29) is 17.3 Å². The first-order valence-electron chi connectivity index (χ1n) is 9.01. The molecule has 0 amide bonds. The number of sulfone groups is 1. The Kier molecular flexibility index (Phi) is 4.77. The van der Waals surface area contributed by atoms with E-state index in [1.54, 1.807) is 48.9 Å². The molecule has 2 aromatic heterocycles. The molecule has 0 saturated heterocycles. The first-order chi connectivity index (χ1) is 13.8. The van der Waals surface area contributed by atoms with Crippen molar-refractivity contribution in [3.05, 3.63) is 55.0 Å². The molecule has 1 aliphatic carbocycles. The first-order valence-corrected chi connectivity index (χ1v) is 10.6. The summed E-state index contributed by atoms with van der Waals surface area (Å²) in [5, 5.41) is -1.09. The number of anilines is 1. The zero-order valence-corrected chi connectivity index (χ0v) is 16.1. The zero-order chi connectivity index (χ0) is 20.6. The van der Waals surface area contributed by atoms with Crippen molar-refractivity contribution in [1.82, 2.24) is 15.0 Å². The molecular weight excluding hydrogens is 398 g/mol. The Labute approximate surface area is 166 Å². The van der Waals surface area contributed by atoms with Gasteiger partial charge in [0, 0.05) is 48.1 Å². The summed E-state index contributed by atoms with van der Waals surface area (Å²) in [5.74, 6) is -2.78. The number of hydrogen-bond donors (Lipinski definition) is 1. The molecule has 3 aromatic rings. The number of hydrogen-bond acceptors (Lipinski definition) is 6. The highest BCUT2D eigenvalue weighted by molar-refractivity contribution is 7.92. The van der Waals surface area contributed by atoms with Gasteiger partial charge in [-0.1, -0.05) is 24.3 Å². The van der Waals surface area contributed by atoms with E-state index in [2.05, 4.69) is 15.0 Å². The number of aromatic nitrogens is 3. The summed E-state index contributed by atoms with van der Waals surface area (Å²) < 4.78 is 53.3. The van der Waals surface area contributed by atoms with Crippen LogP contribution >= 0.6 is 0 Å². The van der Waals surface area contributed by atoms with Gasteiger partial charge >= 0.3 is 0 Å². The number of rotatable bonds is 4. The Morgan fingerprint density at radius 2 is 1.66 bits per heavy atom. The van der Waals surface area contributed by atoms with Crippen LogP contribution < -0.4 is 5.73 Å². The Bertz CT molecular complexity index is 1130. The predicted octanol–water partition coefficient (Wildman–Crippen LogP) is 3.75. The molecular formula is C20H18F2N4O2S. The van der Waals surface area contributed by atoms with E-state index in [0.717, 1.165) is 0 Å². The van der Waals surface area contributed by atoms with Gasteiger partial charge in [0.2, 0.25) is 11.9 Å². The molecule has 1 saturated carbocycles. The fraction of sp³-hybridized carbons (Fsp3) is 0.250. The molecule has 9 heteroatoms. The quantitative estimate of drug-likeness (QED) is 0.695. The summed E-state index contributed by atoms with van der Waals surface area (Å²) in [5.41, 5.74) is 7.77. The van der Waals surface area contributed by atoms with E-state index in [9.17, 15) is 17.2 Å². The van der Waals surface area contributed by atoms with Gasteiger partial charge in [0.05, 0.1) is 15.8 Å². The Morgan fingerprint density at radius 3 is 2.28 bits per heavy atom. The number of nitrogen functional groups attached to an aromatic ring is 1. The number of benzene rings is 1. The molecule has 1 aliphatic rings. The molecule has 150 valence electrons. The lowest BCUT2D eigenvalue weighted by Crippen LogP contribution is -2.21. The van der Waals surface area contributed by atoms with Crippen LogP contribution in [-0.2, 0) is 9.84 Å². The van der Waals surface area contributed by atoms with Crippen LogP contribution in [0.4, 0.5) is 14.7 Å². The average molecular weight is 416 g/mol. The van der Waals surface area contributed by atoms with Crippen LogP contribution in [0.5, 0.6) is 0 Å². The SMILES string of the molecule is Nc1ncc(-c2ccc(-c3ccccc3S(=O)(=O)C3CCC(F)(F)C3)cn2)cn1. The highest BCUT2D eigenvalue weighted by Crippen LogP contribution is 2.41. The molecule has 0 bridgehead atoms. The van der Waals surface area contributed by atoms with Crippen molar-refractivity contribution >= 4 is 15.8 Å². The van der Waals surface area contributed by atoms with Crippen molar-refractivity contribution < 1.29 is 17.2 Å². The highest BCUT2D eigenvalue weighted by Gasteiger charge is 2.46. The molecule has 1 atom stereocenters. The second-order valence-corrected chi connectivity index (χ2v) is 9.22. The minimum absolute atomic E-state index is 0.0437. The predicted molar refractivity (Wildman–Crippen MR) is 105 cm³/mol. The topological polar surface area (TPSA) is 98.8 Å². The molecule has 0 spiro atoms. The normalized spacial score (nSPS) is 18.6. The summed E-state index contributed by atoms with van der Waals surface area (Å²) in [6.45, 7) is 0. The minimum Gasteiger partial charge on any atom is -0.368 e. The summed E-state index contributed by atoms with van der Waals surface area (Å²) in [7, 11) is -3.90. The molecule has 1 aromatic carbocycles. The summed E-state index contributed by atoms with van der Waals surface area (Å²) in [6.07, 6.45) is 3.55. The third-order valence-corrected chi connectivity index (χ3v) is 7.28. The van der Waals surface area contributed by atoms with Crippen LogP contribution in [0.15, 0.2) is 59.9 Å². The molecule has 4 rings (SSSR count). The molecule has 0 aliphatic heterocycles. The lowest BCUT2D eigenvalue weighted by molar-refractivity contribution is 0.00955. The van der Waals surface area contributed by atoms with Gasteiger partial charge in [-0.3, -0.25) is 4.98 Å². The van der Waals surface area contributed by atoms with Crippen molar-refractivity contribution in [2.45, 2.75) is 35.3 Å². The van der Waals surface area contributed by atoms with Crippen LogP contribution in [0.2, 0.25) is 0 Å². The van der Waals surface area contributed by atoms with Gasteiger partial charge in [-0.25, -0.2) is 27.2 Å². The molecule has 1 unspecified atom stereocenters. The zero-order valence-electron chi connectivity index (χ0n) is 15.3. The van der Waals surface area contributed by atoms with Crippen LogP contribution in [0, 0.1) is 0 Å². The average Bonchev–Trinajstić information content (AvgIpc) is 3.09. The number of pyridine rings is 1. The highest BCUT2D eigenvalue weighted by atomic mass is 32.2. The largest absolute Gasteiger partial charge is 0.368 e. The maximum absolute atomic E-state index is 13.6. The molecule has 2 heterocycles. The Balaban J connectivity index is 1.69. The van der Waals surface area contributed by atoms with Crippen molar-refractivity contribution in [3.8, 4) is 22.4 Å². The van der Waals surface area contributed by atoms with Gasteiger partial charge in [0.25, 0.3) is 0 Å². The number of nitrogens with two attached hydrogens (primary N) is 1. The van der Waals surface area contributed by atoms with E-state index in [1.807, 2.05) is 0 Å². The molecule has 29 heavy (non-hydrogen) atoms. The molecule has 6 nitrogen and oxygen atoms in total.